The van der Waals surface area contributed by atoms with Gasteiger partial charge >= 0.3 is 6.09 Å². The number of anilines is 1. The van der Waals surface area contributed by atoms with Crippen LogP contribution in [0.5, 0.6) is 0 Å². The number of nitrogens with zero attached hydrogens (tertiary/aromatic N) is 1. The quantitative estimate of drug-likeness (QED) is 0.830. The molecule has 0 aliphatic rings. The van der Waals surface area contributed by atoms with Gasteiger partial charge in [0.25, 0.3) is 0 Å². The molecule has 0 aliphatic carbocycles. The van der Waals surface area contributed by atoms with E-state index >= 15 is 0 Å². The zero-order valence-corrected chi connectivity index (χ0v) is 11.8. The minimum atomic E-state index is -0.495. The van der Waals surface area contributed by atoms with E-state index < -0.39 is 6.09 Å². The number of hydrogen-bond donors (Lipinski definition) is 1. The molecule has 0 fully saturated rings. The Kier molecular flexibility index (Phi) is 5.51. The second-order valence-electron chi connectivity index (χ2n) is 4.74. The van der Waals surface area contributed by atoms with Crippen molar-refractivity contribution in [2.45, 2.75) is 20.0 Å². The maximum Gasteiger partial charge on any atom is 0.411 e. The van der Waals surface area contributed by atoms with Gasteiger partial charge in [-0.05, 0) is 52.2 Å². The van der Waals surface area contributed by atoms with Gasteiger partial charge in [0.2, 0.25) is 0 Å². The van der Waals surface area contributed by atoms with Gasteiger partial charge < -0.3 is 9.64 Å². The number of carbonyl (C=O) groups excluding carboxylic acids is 2. The van der Waals surface area contributed by atoms with Crippen LogP contribution >= 0.6 is 0 Å². The highest BCUT2D eigenvalue weighted by molar-refractivity contribution is 5.94. The van der Waals surface area contributed by atoms with Gasteiger partial charge in [-0.1, -0.05) is 0 Å². The molecule has 1 aromatic rings. The Bertz CT molecular complexity index is 441. The normalized spacial score (nSPS) is 12.1. The lowest BCUT2D eigenvalue weighted by molar-refractivity contribution is 0.101. The van der Waals surface area contributed by atoms with Crippen molar-refractivity contribution in [2.75, 3.05) is 26.0 Å². The topological polar surface area (TPSA) is 58.6 Å². The monoisotopic (exact) mass is 264 g/mol. The number of nitrogens with one attached hydrogen (secondary N) is 1. The zero-order valence-electron chi connectivity index (χ0n) is 11.8. The molecule has 0 aliphatic heterocycles. The van der Waals surface area contributed by atoms with E-state index in [-0.39, 0.29) is 11.9 Å². The van der Waals surface area contributed by atoms with Gasteiger partial charge in [-0.15, -0.1) is 0 Å². The van der Waals surface area contributed by atoms with Crippen LogP contribution in [0, 0.1) is 0 Å². The molecule has 5 heteroatoms. The predicted octanol–water partition coefficient (Wildman–Crippen LogP) is 2.39. The second-order valence-corrected chi connectivity index (χ2v) is 4.74. The predicted molar refractivity (Wildman–Crippen MR) is 74.6 cm³/mol. The third-order valence-corrected chi connectivity index (χ3v) is 2.47. The Balaban J connectivity index is 2.50. The van der Waals surface area contributed by atoms with Gasteiger partial charge in [0, 0.05) is 17.8 Å². The molecule has 104 valence electrons. The van der Waals surface area contributed by atoms with Crippen LogP contribution < -0.4 is 5.32 Å². The zero-order chi connectivity index (χ0) is 14.4. The summed E-state index contributed by atoms with van der Waals surface area (Å²) in [6.45, 7) is 3.99. The molecule has 1 aromatic carbocycles. The van der Waals surface area contributed by atoms with E-state index in [2.05, 4.69) is 5.32 Å². The van der Waals surface area contributed by atoms with E-state index in [9.17, 15) is 9.59 Å². The molecular weight excluding hydrogens is 244 g/mol. The average molecular weight is 264 g/mol. The molecule has 1 atom stereocenters. The second kappa shape index (κ2) is 6.89. The number of amides is 1. The lowest BCUT2D eigenvalue weighted by atomic mass is 10.1. The minimum Gasteiger partial charge on any atom is -0.445 e. The van der Waals surface area contributed by atoms with Gasteiger partial charge in [0.05, 0.1) is 0 Å². The first kappa shape index (κ1) is 15.2. The summed E-state index contributed by atoms with van der Waals surface area (Å²) in [6, 6.07) is 6.69. The summed E-state index contributed by atoms with van der Waals surface area (Å²) in [5, 5.41) is 2.62. The number of ketones is 1. The molecule has 1 rings (SSSR count). The summed E-state index contributed by atoms with van der Waals surface area (Å²) in [7, 11) is 3.83. The molecule has 0 saturated carbocycles. The third-order valence-electron chi connectivity index (χ3n) is 2.47. The number of carbonyl (C=O) groups is 2. The Morgan fingerprint density at radius 3 is 2.32 bits per heavy atom. The number of benzene rings is 1. The highest BCUT2D eigenvalue weighted by atomic mass is 16.6. The fraction of sp³-hybridized carbons (Fsp3) is 0.429. The molecule has 19 heavy (non-hydrogen) atoms. The molecule has 0 heterocycles. The number of ether oxygens (including phenoxy) is 1. The van der Waals surface area contributed by atoms with Crippen LogP contribution in [0.2, 0.25) is 0 Å². The Labute approximate surface area is 113 Å². The fourth-order valence-electron chi connectivity index (χ4n) is 1.67. The summed E-state index contributed by atoms with van der Waals surface area (Å²) >= 11 is 0. The molecule has 1 amide bonds. The van der Waals surface area contributed by atoms with Crippen molar-refractivity contribution in [3.8, 4) is 0 Å². The third kappa shape index (κ3) is 5.52. The largest absolute Gasteiger partial charge is 0.445 e. The van der Waals surface area contributed by atoms with Crippen molar-refractivity contribution in [1.29, 1.82) is 0 Å². The van der Waals surface area contributed by atoms with Crippen molar-refractivity contribution in [3.63, 3.8) is 0 Å². The molecule has 5 nitrogen and oxygen atoms in total. The van der Waals surface area contributed by atoms with E-state index in [0.717, 1.165) is 0 Å². The minimum absolute atomic E-state index is 0.00580. The van der Waals surface area contributed by atoms with Crippen LogP contribution in [0.15, 0.2) is 24.3 Å². The van der Waals surface area contributed by atoms with Crippen molar-refractivity contribution in [1.82, 2.24) is 4.90 Å². The Morgan fingerprint density at radius 1 is 1.26 bits per heavy atom. The lowest BCUT2D eigenvalue weighted by Gasteiger charge is -2.17. The van der Waals surface area contributed by atoms with Gasteiger partial charge in [-0.25, -0.2) is 4.79 Å². The SMILES string of the molecule is CC(=O)c1ccc(NC(=O)O[C@H](C)CN(C)C)cc1. The van der Waals surface area contributed by atoms with Crippen LogP contribution in [-0.4, -0.2) is 43.5 Å². The summed E-state index contributed by atoms with van der Waals surface area (Å²) in [4.78, 5) is 24.7. The van der Waals surface area contributed by atoms with Gasteiger partial charge in [-0.3, -0.25) is 10.1 Å². The smallest absolute Gasteiger partial charge is 0.411 e. The fourth-order valence-corrected chi connectivity index (χ4v) is 1.67. The molecule has 1 N–H and O–H groups in total. The highest BCUT2D eigenvalue weighted by Crippen LogP contribution is 2.10. The molecule has 0 radical (unpaired) electrons. The molecule has 0 bridgehead atoms. The first-order valence-corrected chi connectivity index (χ1v) is 6.12. The van der Waals surface area contributed by atoms with Gasteiger partial charge in [0.15, 0.2) is 5.78 Å². The van der Waals surface area contributed by atoms with Crippen molar-refractivity contribution >= 4 is 17.6 Å². The van der Waals surface area contributed by atoms with Gasteiger partial charge in [-0.2, -0.15) is 0 Å². The number of hydrogen-bond acceptors (Lipinski definition) is 4. The van der Waals surface area contributed by atoms with Gasteiger partial charge in [0.1, 0.15) is 6.10 Å². The van der Waals surface area contributed by atoms with Crippen molar-refractivity contribution in [2.24, 2.45) is 0 Å². The summed E-state index contributed by atoms with van der Waals surface area (Å²) in [6.07, 6.45) is -0.684. The molecule has 0 aromatic heterocycles. The molecular formula is C14H20N2O3. The number of Topliss-reactive ketones (excluding diaryl/α,β-unsaturated/α-hetero) is 1. The van der Waals surface area contributed by atoms with Crippen LogP contribution in [0.4, 0.5) is 10.5 Å². The van der Waals surface area contributed by atoms with Crippen molar-refractivity contribution in [3.05, 3.63) is 29.8 Å². The maximum atomic E-state index is 11.6. The van der Waals surface area contributed by atoms with E-state index in [0.29, 0.717) is 17.8 Å². The number of likely N-dealkylation sites (N-methyl/N-ethyl adjacent to an activating group) is 1. The van der Waals surface area contributed by atoms with E-state index in [1.807, 2.05) is 25.9 Å². The van der Waals surface area contributed by atoms with E-state index in [4.69, 9.17) is 4.74 Å². The van der Waals surface area contributed by atoms with E-state index in [1.54, 1.807) is 24.3 Å². The first-order chi connectivity index (χ1) is 8.88. The van der Waals surface area contributed by atoms with Crippen LogP contribution in [0.25, 0.3) is 0 Å². The molecule has 0 spiro atoms. The summed E-state index contributed by atoms with van der Waals surface area (Å²) < 4.78 is 5.18. The lowest BCUT2D eigenvalue weighted by Crippen LogP contribution is -2.29. The Hall–Kier alpha value is -1.88. The maximum absolute atomic E-state index is 11.6. The standard InChI is InChI=1S/C14H20N2O3/c1-10(9-16(3)4)19-14(18)15-13-7-5-12(6-8-13)11(2)17/h5-8,10H,9H2,1-4H3,(H,15,18)/t10-/m1/s1. The Morgan fingerprint density at radius 2 is 1.84 bits per heavy atom. The van der Waals surface area contributed by atoms with Crippen LogP contribution in [-0.2, 0) is 4.74 Å². The number of rotatable bonds is 5. The van der Waals surface area contributed by atoms with Crippen LogP contribution in [0.3, 0.4) is 0 Å². The van der Waals surface area contributed by atoms with E-state index in [1.165, 1.54) is 6.92 Å². The first-order valence-electron chi connectivity index (χ1n) is 6.12. The summed E-state index contributed by atoms with van der Waals surface area (Å²) in [5.41, 5.74) is 1.21. The highest BCUT2D eigenvalue weighted by Gasteiger charge is 2.10. The molecule has 0 saturated heterocycles. The summed E-state index contributed by atoms with van der Waals surface area (Å²) in [5.74, 6) is -0.00580. The molecule has 0 unspecified atom stereocenters. The van der Waals surface area contributed by atoms with Crippen molar-refractivity contribution < 1.29 is 14.3 Å². The van der Waals surface area contributed by atoms with Crippen LogP contribution in [0.1, 0.15) is 24.2 Å². The average Bonchev–Trinajstić information content (AvgIpc) is 2.27.